The van der Waals surface area contributed by atoms with Gasteiger partial charge in [0.25, 0.3) is 5.91 Å². The van der Waals surface area contributed by atoms with Gasteiger partial charge in [0.05, 0.1) is 16.8 Å². The molecule has 0 unspecified atom stereocenters. The van der Waals surface area contributed by atoms with E-state index in [4.69, 9.17) is 0 Å². The van der Waals surface area contributed by atoms with Crippen LogP contribution in [0, 0.1) is 0 Å². The number of fused-ring (bicyclic) bond motifs is 3. The SMILES string of the molecule is C[C@]1(C(=O)NC2CCCCCCC2)Cn2c(cc3sccc32)C(=O)N1C1CCCCCC1. The quantitative estimate of drug-likeness (QED) is 0.589. The van der Waals surface area contributed by atoms with Crippen LogP contribution in [0.1, 0.15) is 101 Å². The first-order chi connectivity index (χ1) is 15.6. The second-order valence-corrected chi connectivity index (χ2v) is 11.3. The Kier molecular flexibility index (Phi) is 6.33. The molecule has 1 aliphatic heterocycles. The zero-order valence-corrected chi connectivity index (χ0v) is 20.2. The molecule has 0 radical (unpaired) electrons. The van der Waals surface area contributed by atoms with E-state index in [1.807, 2.05) is 17.9 Å². The van der Waals surface area contributed by atoms with Gasteiger partial charge < -0.3 is 14.8 Å². The van der Waals surface area contributed by atoms with Crippen molar-refractivity contribution >= 4 is 33.4 Å². The zero-order chi connectivity index (χ0) is 22.1. The second kappa shape index (κ2) is 9.20. The first-order valence-corrected chi connectivity index (χ1v) is 13.7. The van der Waals surface area contributed by atoms with Crippen molar-refractivity contribution in [2.45, 2.75) is 115 Å². The molecule has 2 amide bonds. The Morgan fingerprint density at radius 2 is 1.62 bits per heavy atom. The van der Waals surface area contributed by atoms with Gasteiger partial charge in [-0.15, -0.1) is 11.3 Å². The Labute approximate surface area is 195 Å². The molecule has 5 rings (SSSR count). The molecule has 2 aromatic rings. The van der Waals surface area contributed by atoms with E-state index in [2.05, 4.69) is 21.3 Å². The molecular weight excluding hydrogens is 418 g/mol. The minimum Gasteiger partial charge on any atom is -0.351 e. The number of aromatic nitrogens is 1. The minimum absolute atomic E-state index is 0.0434. The average molecular weight is 456 g/mol. The van der Waals surface area contributed by atoms with Crippen molar-refractivity contribution in [2.24, 2.45) is 0 Å². The lowest BCUT2D eigenvalue weighted by atomic mass is 9.89. The fourth-order valence-corrected chi connectivity index (χ4v) is 7.09. The maximum absolute atomic E-state index is 14.0. The second-order valence-electron chi connectivity index (χ2n) is 10.4. The maximum Gasteiger partial charge on any atom is 0.271 e. The highest BCUT2D eigenvalue weighted by atomic mass is 32.1. The molecule has 0 bridgehead atoms. The molecule has 3 aliphatic rings. The highest BCUT2D eigenvalue weighted by Gasteiger charge is 2.50. The van der Waals surface area contributed by atoms with Crippen LogP contribution in [-0.4, -0.2) is 38.9 Å². The topological polar surface area (TPSA) is 54.3 Å². The number of hydrogen-bond acceptors (Lipinski definition) is 3. The summed E-state index contributed by atoms with van der Waals surface area (Å²) in [6.07, 6.45) is 15.1. The lowest BCUT2D eigenvalue weighted by Gasteiger charge is -2.48. The monoisotopic (exact) mass is 455 g/mol. The van der Waals surface area contributed by atoms with Crippen LogP contribution in [-0.2, 0) is 11.3 Å². The number of amides is 2. The maximum atomic E-state index is 14.0. The van der Waals surface area contributed by atoms with Crippen LogP contribution in [0.4, 0.5) is 0 Å². The fourth-order valence-electron chi connectivity index (χ4n) is 6.26. The van der Waals surface area contributed by atoms with Gasteiger partial charge >= 0.3 is 0 Å². The van der Waals surface area contributed by atoms with E-state index < -0.39 is 5.54 Å². The van der Waals surface area contributed by atoms with Crippen LogP contribution in [0.3, 0.4) is 0 Å². The molecule has 2 saturated carbocycles. The van der Waals surface area contributed by atoms with Crippen molar-refractivity contribution in [1.82, 2.24) is 14.8 Å². The molecule has 2 fully saturated rings. The third-order valence-corrected chi connectivity index (χ3v) is 8.93. The summed E-state index contributed by atoms with van der Waals surface area (Å²) in [6, 6.07) is 4.52. The van der Waals surface area contributed by atoms with E-state index in [0.717, 1.165) is 54.4 Å². The molecule has 32 heavy (non-hydrogen) atoms. The number of rotatable bonds is 3. The van der Waals surface area contributed by atoms with Crippen LogP contribution in [0.5, 0.6) is 0 Å². The average Bonchev–Trinajstić information content (AvgIpc) is 3.24. The minimum atomic E-state index is -0.852. The van der Waals surface area contributed by atoms with E-state index in [1.165, 1.54) is 44.9 Å². The van der Waals surface area contributed by atoms with Crippen molar-refractivity contribution in [3.05, 3.63) is 23.2 Å². The lowest BCUT2D eigenvalue weighted by molar-refractivity contribution is -0.135. The summed E-state index contributed by atoms with van der Waals surface area (Å²) in [5.41, 5.74) is 0.992. The molecule has 1 atom stereocenters. The highest BCUT2D eigenvalue weighted by Crippen LogP contribution is 2.38. The molecule has 2 aromatic heterocycles. The van der Waals surface area contributed by atoms with E-state index in [-0.39, 0.29) is 23.9 Å². The summed E-state index contributed by atoms with van der Waals surface area (Å²) < 4.78 is 3.25. The van der Waals surface area contributed by atoms with Gasteiger partial charge in [0.15, 0.2) is 0 Å². The van der Waals surface area contributed by atoms with Crippen LogP contribution >= 0.6 is 11.3 Å². The molecule has 1 N–H and O–H groups in total. The molecule has 0 spiro atoms. The summed E-state index contributed by atoms with van der Waals surface area (Å²) in [4.78, 5) is 29.9. The van der Waals surface area contributed by atoms with Crippen molar-refractivity contribution in [1.29, 1.82) is 0 Å². The number of hydrogen-bond donors (Lipinski definition) is 1. The van der Waals surface area contributed by atoms with Crippen LogP contribution in [0.15, 0.2) is 17.5 Å². The molecule has 174 valence electrons. The molecular formula is C26H37N3O2S. The van der Waals surface area contributed by atoms with Crippen molar-refractivity contribution in [3.63, 3.8) is 0 Å². The Morgan fingerprint density at radius 1 is 1.00 bits per heavy atom. The lowest BCUT2D eigenvalue weighted by Crippen LogP contribution is -2.67. The first-order valence-electron chi connectivity index (χ1n) is 12.8. The molecule has 6 heteroatoms. The summed E-state index contributed by atoms with van der Waals surface area (Å²) >= 11 is 1.67. The Bertz CT molecular complexity index is 963. The van der Waals surface area contributed by atoms with Gasteiger partial charge in [-0.3, -0.25) is 9.59 Å². The molecule has 5 nitrogen and oxygen atoms in total. The summed E-state index contributed by atoms with van der Waals surface area (Å²) in [7, 11) is 0. The van der Waals surface area contributed by atoms with Crippen molar-refractivity contribution < 1.29 is 9.59 Å². The Morgan fingerprint density at radius 3 is 2.31 bits per heavy atom. The fraction of sp³-hybridized carbons (Fsp3) is 0.692. The smallest absolute Gasteiger partial charge is 0.271 e. The summed E-state index contributed by atoms with van der Waals surface area (Å²) in [5.74, 6) is 0.0882. The number of carbonyl (C=O) groups is 2. The summed E-state index contributed by atoms with van der Waals surface area (Å²) in [6.45, 7) is 2.57. The first kappa shape index (κ1) is 22.0. The Balaban J connectivity index is 1.49. The molecule has 0 saturated heterocycles. The normalized spacial score (nSPS) is 26.4. The molecule has 3 heterocycles. The van der Waals surface area contributed by atoms with E-state index >= 15 is 0 Å². The number of nitrogens with one attached hydrogen (secondary N) is 1. The van der Waals surface area contributed by atoms with Crippen LogP contribution in [0.25, 0.3) is 10.2 Å². The van der Waals surface area contributed by atoms with E-state index in [9.17, 15) is 9.59 Å². The number of carbonyl (C=O) groups excluding carboxylic acids is 2. The third-order valence-electron chi connectivity index (χ3n) is 8.08. The van der Waals surface area contributed by atoms with Gasteiger partial charge in [-0.25, -0.2) is 0 Å². The van der Waals surface area contributed by atoms with Crippen molar-refractivity contribution in [2.75, 3.05) is 0 Å². The van der Waals surface area contributed by atoms with Gasteiger partial charge in [0.2, 0.25) is 5.91 Å². The largest absolute Gasteiger partial charge is 0.351 e. The van der Waals surface area contributed by atoms with Crippen molar-refractivity contribution in [3.8, 4) is 0 Å². The predicted molar refractivity (Wildman–Crippen MR) is 130 cm³/mol. The Hall–Kier alpha value is -1.82. The highest BCUT2D eigenvalue weighted by molar-refractivity contribution is 7.17. The standard InChI is InChI=1S/C26H37N3O2S/c1-26(25(31)27-19-11-7-3-2-4-8-12-19)18-28-21-15-16-32-23(21)17-22(28)24(30)29(26)20-13-9-5-6-10-14-20/h15-17,19-20H,2-14,18H2,1H3,(H,27,31)/t26-/m1/s1. The van der Waals surface area contributed by atoms with Gasteiger partial charge in [0, 0.05) is 12.1 Å². The van der Waals surface area contributed by atoms with Gasteiger partial charge in [0.1, 0.15) is 11.2 Å². The number of thiophene rings is 1. The molecule has 2 aliphatic carbocycles. The van der Waals surface area contributed by atoms with Gasteiger partial charge in [-0.1, -0.05) is 57.8 Å². The van der Waals surface area contributed by atoms with E-state index in [0.29, 0.717) is 6.54 Å². The summed E-state index contributed by atoms with van der Waals surface area (Å²) in [5, 5.41) is 5.50. The molecule has 0 aromatic carbocycles. The van der Waals surface area contributed by atoms with Gasteiger partial charge in [-0.2, -0.15) is 0 Å². The number of nitrogens with zero attached hydrogens (tertiary/aromatic N) is 2. The van der Waals surface area contributed by atoms with Gasteiger partial charge in [-0.05, 0) is 50.1 Å². The zero-order valence-electron chi connectivity index (χ0n) is 19.4. The van der Waals surface area contributed by atoms with Crippen LogP contribution < -0.4 is 5.32 Å². The van der Waals surface area contributed by atoms with E-state index in [1.54, 1.807) is 11.3 Å². The van der Waals surface area contributed by atoms with Crippen LogP contribution in [0.2, 0.25) is 0 Å². The third kappa shape index (κ3) is 4.00. The predicted octanol–water partition coefficient (Wildman–Crippen LogP) is 5.87.